The van der Waals surface area contributed by atoms with Crippen LogP contribution in [0.15, 0.2) is 61.2 Å². The van der Waals surface area contributed by atoms with Crippen LogP contribution in [0.1, 0.15) is 33.2 Å². The van der Waals surface area contributed by atoms with Crippen molar-refractivity contribution in [1.29, 1.82) is 0 Å². The Hall–Kier alpha value is -2.88. The predicted octanol–water partition coefficient (Wildman–Crippen LogP) is 3.42. The molecule has 0 bridgehead atoms. The van der Waals surface area contributed by atoms with Gasteiger partial charge in [-0.1, -0.05) is 31.2 Å². The molecule has 0 fully saturated rings. The number of hydrogen-bond acceptors (Lipinski definition) is 2. The molecule has 0 aliphatic rings. The second-order valence-electron chi connectivity index (χ2n) is 5.04. The predicted molar refractivity (Wildman–Crippen MR) is 92.7 cm³/mol. The van der Waals surface area contributed by atoms with E-state index in [1.807, 2.05) is 31.2 Å². The smallest absolute Gasteiger partial charge is 0.255 e. The molecular weight excluding hydrogens is 288 g/mol. The number of amides is 2. The first-order chi connectivity index (χ1) is 11.2. The van der Waals surface area contributed by atoms with Crippen LogP contribution in [-0.2, 0) is 6.42 Å². The van der Waals surface area contributed by atoms with Gasteiger partial charge in [0.25, 0.3) is 11.8 Å². The van der Waals surface area contributed by atoms with Crippen LogP contribution in [0.4, 0.5) is 5.69 Å². The summed E-state index contributed by atoms with van der Waals surface area (Å²) in [7, 11) is 0. The molecule has 0 aliphatic heterocycles. The number of hydrogen-bond donors (Lipinski definition) is 2. The Labute approximate surface area is 136 Å². The Morgan fingerprint density at radius 2 is 1.61 bits per heavy atom. The maximum atomic E-state index is 12.3. The Kier molecular flexibility index (Phi) is 5.69. The van der Waals surface area contributed by atoms with Crippen molar-refractivity contribution in [2.75, 3.05) is 11.9 Å². The van der Waals surface area contributed by atoms with Gasteiger partial charge in [-0.2, -0.15) is 0 Å². The fraction of sp³-hybridized carbons (Fsp3) is 0.158. The van der Waals surface area contributed by atoms with Crippen LogP contribution < -0.4 is 10.6 Å². The Morgan fingerprint density at radius 3 is 2.22 bits per heavy atom. The number of nitrogens with one attached hydrogen (secondary N) is 2. The van der Waals surface area contributed by atoms with E-state index in [2.05, 4.69) is 17.2 Å². The Bertz CT molecular complexity index is 706. The zero-order valence-electron chi connectivity index (χ0n) is 13.1. The quantitative estimate of drug-likeness (QED) is 0.803. The second-order valence-corrected chi connectivity index (χ2v) is 5.04. The molecule has 4 heteroatoms. The summed E-state index contributed by atoms with van der Waals surface area (Å²) in [4.78, 5) is 24.1. The van der Waals surface area contributed by atoms with Crippen LogP contribution in [0.3, 0.4) is 0 Å². The Balaban J connectivity index is 2.08. The van der Waals surface area contributed by atoms with E-state index in [0.29, 0.717) is 17.7 Å². The van der Waals surface area contributed by atoms with Gasteiger partial charge < -0.3 is 10.6 Å². The van der Waals surface area contributed by atoms with Gasteiger partial charge in [0.2, 0.25) is 0 Å². The molecule has 0 saturated heterocycles. The molecule has 23 heavy (non-hydrogen) atoms. The van der Waals surface area contributed by atoms with E-state index >= 15 is 0 Å². The molecular formula is C19H20N2O2. The largest absolute Gasteiger partial charge is 0.349 e. The van der Waals surface area contributed by atoms with E-state index in [0.717, 1.165) is 17.7 Å². The molecule has 0 saturated carbocycles. The minimum Gasteiger partial charge on any atom is -0.349 e. The van der Waals surface area contributed by atoms with Crippen LogP contribution in [0.25, 0.3) is 0 Å². The van der Waals surface area contributed by atoms with Gasteiger partial charge in [0.05, 0.1) is 0 Å². The first-order valence-corrected chi connectivity index (χ1v) is 7.54. The third-order valence-corrected chi connectivity index (χ3v) is 3.46. The van der Waals surface area contributed by atoms with Gasteiger partial charge in [0, 0.05) is 23.4 Å². The number of para-hydroxylation sites is 1. The minimum absolute atomic E-state index is 0.187. The second kappa shape index (κ2) is 7.94. The van der Waals surface area contributed by atoms with Crippen LogP contribution in [-0.4, -0.2) is 18.4 Å². The fourth-order valence-corrected chi connectivity index (χ4v) is 2.18. The molecule has 2 amide bonds. The summed E-state index contributed by atoms with van der Waals surface area (Å²) >= 11 is 0. The minimum atomic E-state index is -0.191. The molecule has 0 aromatic heterocycles. The highest BCUT2D eigenvalue weighted by Gasteiger charge is 2.10. The average molecular weight is 308 g/mol. The number of anilines is 1. The van der Waals surface area contributed by atoms with Gasteiger partial charge >= 0.3 is 0 Å². The highest BCUT2D eigenvalue weighted by molar-refractivity contribution is 6.05. The van der Waals surface area contributed by atoms with Gasteiger partial charge in [-0.05, 0) is 42.3 Å². The van der Waals surface area contributed by atoms with Gasteiger partial charge in [-0.3, -0.25) is 9.59 Å². The lowest BCUT2D eigenvalue weighted by Gasteiger charge is -2.10. The van der Waals surface area contributed by atoms with E-state index in [1.54, 1.807) is 30.3 Å². The summed E-state index contributed by atoms with van der Waals surface area (Å²) in [5.74, 6) is -0.378. The molecule has 2 aromatic rings. The van der Waals surface area contributed by atoms with E-state index < -0.39 is 0 Å². The van der Waals surface area contributed by atoms with Crippen LogP contribution in [0, 0.1) is 0 Å². The van der Waals surface area contributed by atoms with E-state index in [9.17, 15) is 9.59 Å². The van der Waals surface area contributed by atoms with E-state index in [-0.39, 0.29) is 11.8 Å². The maximum absolute atomic E-state index is 12.3. The van der Waals surface area contributed by atoms with Crippen LogP contribution in [0.2, 0.25) is 0 Å². The first kappa shape index (κ1) is 16.5. The zero-order chi connectivity index (χ0) is 16.7. The normalized spacial score (nSPS) is 9.96. The number of carbonyl (C=O) groups excluding carboxylic acids is 2. The summed E-state index contributed by atoms with van der Waals surface area (Å²) < 4.78 is 0. The van der Waals surface area contributed by atoms with Crippen molar-refractivity contribution in [3.63, 3.8) is 0 Å². The van der Waals surface area contributed by atoms with Crippen molar-refractivity contribution in [1.82, 2.24) is 5.32 Å². The molecule has 0 aliphatic carbocycles. The lowest BCUT2D eigenvalue weighted by atomic mass is 10.1. The fourth-order valence-electron chi connectivity index (χ4n) is 2.18. The van der Waals surface area contributed by atoms with Gasteiger partial charge in [-0.15, -0.1) is 6.58 Å². The summed E-state index contributed by atoms with van der Waals surface area (Å²) in [6.45, 7) is 6.00. The van der Waals surface area contributed by atoms with Crippen molar-refractivity contribution < 1.29 is 9.59 Å². The van der Waals surface area contributed by atoms with Gasteiger partial charge in [0.1, 0.15) is 0 Å². The first-order valence-electron chi connectivity index (χ1n) is 7.54. The van der Waals surface area contributed by atoms with Crippen molar-refractivity contribution >= 4 is 17.5 Å². The topological polar surface area (TPSA) is 58.2 Å². The summed E-state index contributed by atoms with van der Waals surface area (Å²) in [5.41, 5.74) is 2.92. The van der Waals surface area contributed by atoms with Crippen LogP contribution >= 0.6 is 0 Å². The number of carbonyl (C=O) groups is 2. The lowest BCUT2D eigenvalue weighted by Crippen LogP contribution is -2.23. The number of benzene rings is 2. The molecule has 0 heterocycles. The molecule has 4 nitrogen and oxygen atoms in total. The van der Waals surface area contributed by atoms with Crippen molar-refractivity contribution in [3.8, 4) is 0 Å². The zero-order valence-corrected chi connectivity index (χ0v) is 13.1. The molecule has 0 spiro atoms. The standard InChI is InChI=1S/C19H20N2O2/c1-3-13-20-18(22)15-9-11-16(12-10-15)19(23)21-17-8-6-5-7-14(17)4-2/h3,5-12H,1,4,13H2,2H3,(H,20,22)(H,21,23). The average Bonchev–Trinajstić information content (AvgIpc) is 2.60. The summed E-state index contributed by atoms with van der Waals surface area (Å²) in [6, 6.07) is 14.3. The molecule has 2 rings (SSSR count). The third-order valence-electron chi connectivity index (χ3n) is 3.46. The van der Waals surface area contributed by atoms with E-state index in [1.165, 1.54) is 0 Å². The number of aryl methyl sites for hydroxylation is 1. The number of rotatable bonds is 6. The lowest BCUT2D eigenvalue weighted by molar-refractivity contribution is 0.0956. The molecule has 0 unspecified atom stereocenters. The van der Waals surface area contributed by atoms with Crippen LogP contribution in [0.5, 0.6) is 0 Å². The molecule has 0 atom stereocenters. The van der Waals surface area contributed by atoms with Crippen molar-refractivity contribution in [3.05, 3.63) is 77.9 Å². The van der Waals surface area contributed by atoms with Gasteiger partial charge in [0.15, 0.2) is 0 Å². The molecule has 2 N–H and O–H groups in total. The van der Waals surface area contributed by atoms with Gasteiger partial charge in [-0.25, -0.2) is 0 Å². The maximum Gasteiger partial charge on any atom is 0.255 e. The van der Waals surface area contributed by atoms with Crippen molar-refractivity contribution in [2.24, 2.45) is 0 Å². The summed E-state index contributed by atoms with van der Waals surface area (Å²) in [5, 5.41) is 5.60. The van der Waals surface area contributed by atoms with Crippen molar-refractivity contribution in [2.45, 2.75) is 13.3 Å². The highest BCUT2D eigenvalue weighted by Crippen LogP contribution is 2.16. The monoisotopic (exact) mass is 308 g/mol. The molecule has 118 valence electrons. The Morgan fingerprint density at radius 1 is 1.00 bits per heavy atom. The third kappa shape index (κ3) is 4.30. The van der Waals surface area contributed by atoms with E-state index in [4.69, 9.17) is 0 Å². The molecule has 0 radical (unpaired) electrons. The molecule has 2 aromatic carbocycles. The highest BCUT2D eigenvalue weighted by atomic mass is 16.2. The SMILES string of the molecule is C=CCNC(=O)c1ccc(C(=O)Nc2ccccc2CC)cc1. The summed E-state index contributed by atoms with van der Waals surface area (Å²) in [6.07, 6.45) is 2.46.